The highest BCUT2D eigenvalue weighted by molar-refractivity contribution is 6.06. The summed E-state index contributed by atoms with van der Waals surface area (Å²) < 4.78 is 2.03. The molecule has 2 aromatic heterocycles. The molecule has 4 aromatic rings. The van der Waals surface area contributed by atoms with Gasteiger partial charge in [-0.2, -0.15) is 0 Å². The number of nitrogens with zero attached hydrogens (tertiary/aromatic N) is 2. The largest absolute Gasteiger partial charge is 0.350 e. The van der Waals surface area contributed by atoms with Crippen LogP contribution in [0.2, 0.25) is 0 Å². The van der Waals surface area contributed by atoms with Gasteiger partial charge in [0.2, 0.25) is 0 Å². The third kappa shape index (κ3) is 2.92. The van der Waals surface area contributed by atoms with E-state index in [1.807, 2.05) is 79.3 Å². The third-order valence-electron chi connectivity index (χ3n) is 4.24. The van der Waals surface area contributed by atoms with E-state index in [1.165, 1.54) is 0 Å². The zero-order valence-corrected chi connectivity index (χ0v) is 14.1. The van der Waals surface area contributed by atoms with Gasteiger partial charge in [0.25, 0.3) is 0 Å². The van der Waals surface area contributed by atoms with Crippen LogP contribution in [0.15, 0.2) is 60.8 Å². The first kappa shape index (κ1) is 15.2. The molecule has 2 heterocycles. The fourth-order valence-corrected chi connectivity index (χ4v) is 3.04. The van der Waals surface area contributed by atoms with E-state index in [1.54, 1.807) is 0 Å². The minimum atomic E-state index is -0.274. The Kier molecular flexibility index (Phi) is 3.61. The number of urea groups is 1. The number of carbonyl (C=O) groups excluding carboxylic acids is 1. The van der Waals surface area contributed by atoms with Crippen LogP contribution in [-0.2, 0) is 7.05 Å². The lowest BCUT2D eigenvalue weighted by atomic mass is 10.1. The fraction of sp³-hybridized carbons (Fsp3) is 0.100. The minimum Gasteiger partial charge on any atom is -0.350 e. The maximum atomic E-state index is 12.4. The summed E-state index contributed by atoms with van der Waals surface area (Å²) in [5, 5.41) is 7.89. The van der Waals surface area contributed by atoms with Gasteiger partial charge in [-0.1, -0.05) is 24.3 Å². The molecule has 124 valence electrons. The number of hydrogen-bond acceptors (Lipinski definition) is 2. The summed E-state index contributed by atoms with van der Waals surface area (Å²) >= 11 is 0. The Labute approximate surface area is 145 Å². The van der Waals surface area contributed by atoms with Crippen LogP contribution in [0, 0.1) is 6.92 Å². The fourth-order valence-electron chi connectivity index (χ4n) is 3.04. The number of hydrogen-bond donors (Lipinski definition) is 2. The maximum absolute atomic E-state index is 12.4. The SMILES string of the molecule is Cc1cc(NC(=O)Nc2ccc3ccn(C)c3c2)c2ccccc2n1. The Morgan fingerprint density at radius 2 is 1.88 bits per heavy atom. The van der Waals surface area contributed by atoms with Gasteiger partial charge in [-0.3, -0.25) is 4.98 Å². The van der Waals surface area contributed by atoms with E-state index in [0.717, 1.165) is 38.9 Å². The van der Waals surface area contributed by atoms with E-state index < -0.39 is 0 Å². The lowest BCUT2D eigenvalue weighted by Crippen LogP contribution is -2.19. The molecule has 4 rings (SSSR count). The number of nitrogens with one attached hydrogen (secondary N) is 2. The van der Waals surface area contributed by atoms with E-state index in [4.69, 9.17) is 0 Å². The topological polar surface area (TPSA) is 59.0 Å². The molecule has 0 aliphatic rings. The summed E-state index contributed by atoms with van der Waals surface area (Å²) in [5.74, 6) is 0. The average molecular weight is 330 g/mol. The Morgan fingerprint density at radius 1 is 1.04 bits per heavy atom. The number of benzene rings is 2. The van der Waals surface area contributed by atoms with Crippen LogP contribution in [0.3, 0.4) is 0 Å². The second-order valence-electron chi connectivity index (χ2n) is 6.11. The number of para-hydroxylation sites is 1. The molecule has 0 aliphatic heterocycles. The number of amides is 2. The van der Waals surface area contributed by atoms with Gasteiger partial charge in [-0.15, -0.1) is 0 Å². The molecule has 0 saturated carbocycles. The first-order valence-electron chi connectivity index (χ1n) is 8.10. The zero-order chi connectivity index (χ0) is 17.4. The molecule has 5 nitrogen and oxygen atoms in total. The van der Waals surface area contributed by atoms with Crippen molar-refractivity contribution in [2.45, 2.75) is 6.92 Å². The second kappa shape index (κ2) is 5.94. The molecule has 0 aliphatic carbocycles. The zero-order valence-electron chi connectivity index (χ0n) is 14.1. The van der Waals surface area contributed by atoms with Crippen molar-refractivity contribution in [3.05, 3.63) is 66.5 Å². The Balaban J connectivity index is 1.60. The van der Waals surface area contributed by atoms with E-state index in [2.05, 4.69) is 15.6 Å². The predicted molar refractivity (Wildman–Crippen MR) is 102 cm³/mol. The summed E-state index contributed by atoms with van der Waals surface area (Å²) in [4.78, 5) is 16.9. The number of pyridine rings is 1. The number of rotatable bonds is 2. The smallest absolute Gasteiger partial charge is 0.323 e. The lowest BCUT2D eigenvalue weighted by molar-refractivity contribution is 0.262. The molecule has 0 radical (unpaired) electrons. The van der Waals surface area contributed by atoms with Crippen molar-refractivity contribution < 1.29 is 4.79 Å². The highest BCUT2D eigenvalue weighted by atomic mass is 16.2. The number of aryl methyl sites for hydroxylation is 2. The Hall–Kier alpha value is -3.34. The normalized spacial score (nSPS) is 11.0. The van der Waals surface area contributed by atoms with Crippen LogP contribution in [0.5, 0.6) is 0 Å². The van der Waals surface area contributed by atoms with E-state index in [-0.39, 0.29) is 6.03 Å². The monoisotopic (exact) mass is 330 g/mol. The molecular formula is C20H18N4O. The predicted octanol–water partition coefficient (Wildman–Crippen LogP) is 4.68. The van der Waals surface area contributed by atoms with Crippen molar-refractivity contribution in [1.29, 1.82) is 0 Å². The standard InChI is InChI=1S/C20H18N4O/c1-13-11-18(16-5-3-4-6-17(16)21-13)23-20(25)22-15-8-7-14-9-10-24(2)19(14)12-15/h3-12H,1-2H3,(H2,21,22,23,25). The van der Waals surface area contributed by atoms with Crippen molar-refractivity contribution in [1.82, 2.24) is 9.55 Å². The molecular weight excluding hydrogens is 312 g/mol. The summed E-state index contributed by atoms with van der Waals surface area (Å²) in [6, 6.07) is 17.3. The van der Waals surface area contributed by atoms with Crippen LogP contribution in [0.25, 0.3) is 21.8 Å². The molecule has 2 N–H and O–H groups in total. The van der Waals surface area contributed by atoms with Gasteiger partial charge >= 0.3 is 6.03 Å². The van der Waals surface area contributed by atoms with Gasteiger partial charge in [0, 0.05) is 35.5 Å². The van der Waals surface area contributed by atoms with Crippen molar-refractivity contribution in [3.8, 4) is 0 Å². The van der Waals surface area contributed by atoms with Gasteiger partial charge in [-0.25, -0.2) is 4.79 Å². The molecule has 0 saturated heterocycles. The van der Waals surface area contributed by atoms with Crippen LogP contribution < -0.4 is 10.6 Å². The third-order valence-corrected chi connectivity index (χ3v) is 4.24. The quantitative estimate of drug-likeness (QED) is 0.561. The van der Waals surface area contributed by atoms with Gasteiger partial charge in [0.15, 0.2) is 0 Å². The van der Waals surface area contributed by atoms with Gasteiger partial charge in [-0.05, 0) is 42.6 Å². The second-order valence-corrected chi connectivity index (χ2v) is 6.11. The van der Waals surface area contributed by atoms with Crippen molar-refractivity contribution in [2.24, 2.45) is 7.05 Å². The summed E-state index contributed by atoms with van der Waals surface area (Å²) in [6.45, 7) is 1.92. The van der Waals surface area contributed by atoms with Crippen LogP contribution >= 0.6 is 0 Å². The molecule has 0 unspecified atom stereocenters. The molecule has 0 fully saturated rings. The number of anilines is 2. The van der Waals surface area contributed by atoms with E-state index in [0.29, 0.717) is 0 Å². The molecule has 25 heavy (non-hydrogen) atoms. The first-order valence-corrected chi connectivity index (χ1v) is 8.10. The summed E-state index contributed by atoms with van der Waals surface area (Å²) in [7, 11) is 1.98. The van der Waals surface area contributed by atoms with E-state index in [9.17, 15) is 4.79 Å². The minimum absolute atomic E-state index is 0.274. The first-order chi connectivity index (χ1) is 12.1. The van der Waals surface area contributed by atoms with Crippen molar-refractivity contribution >= 4 is 39.2 Å². The van der Waals surface area contributed by atoms with Crippen LogP contribution in [-0.4, -0.2) is 15.6 Å². The molecule has 2 aromatic carbocycles. The molecule has 0 bridgehead atoms. The highest BCUT2D eigenvalue weighted by Crippen LogP contribution is 2.24. The van der Waals surface area contributed by atoms with E-state index >= 15 is 0 Å². The van der Waals surface area contributed by atoms with Gasteiger partial charge in [0.1, 0.15) is 0 Å². The number of fused-ring (bicyclic) bond motifs is 2. The van der Waals surface area contributed by atoms with Gasteiger partial charge in [0.05, 0.1) is 11.2 Å². The van der Waals surface area contributed by atoms with Crippen molar-refractivity contribution in [2.75, 3.05) is 10.6 Å². The Bertz CT molecular complexity index is 1100. The molecule has 2 amide bonds. The summed E-state index contributed by atoms with van der Waals surface area (Å²) in [6.07, 6.45) is 2.00. The van der Waals surface area contributed by atoms with Crippen molar-refractivity contribution in [3.63, 3.8) is 0 Å². The number of aromatic nitrogens is 2. The number of carbonyl (C=O) groups is 1. The van der Waals surface area contributed by atoms with Crippen LogP contribution in [0.4, 0.5) is 16.2 Å². The molecule has 0 spiro atoms. The highest BCUT2D eigenvalue weighted by Gasteiger charge is 2.08. The molecule has 0 atom stereocenters. The maximum Gasteiger partial charge on any atom is 0.323 e. The van der Waals surface area contributed by atoms with Crippen LogP contribution in [0.1, 0.15) is 5.69 Å². The van der Waals surface area contributed by atoms with Gasteiger partial charge < -0.3 is 15.2 Å². The molecule has 5 heteroatoms. The summed E-state index contributed by atoms with van der Waals surface area (Å²) in [5.41, 5.74) is 4.30. The Morgan fingerprint density at radius 3 is 2.76 bits per heavy atom. The average Bonchev–Trinajstić information content (AvgIpc) is 2.95. The lowest BCUT2D eigenvalue weighted by Gasteiger charge is -2.11.